The van der Waals surface area contributed by atoms with Crippen LogP contribution < -0.4 is 0 Å². The smallest absolute Gasteiger partial charge is 0.339 e. The molecule has 4 rings (SSSR count). The first-order valence-corrected chi connectivity index (χ1v) is 13.1. The van der Waals surface area contributed by atoms with Gasteiger partial charge >= 0.3 is 5.97 Å². The van der Waals surface area contributed by atoms with Crippen LogP contribution in [-0.4, -0.2) is 63.8 Å². The van der Waals surface area contributed by atoms with Crippen molar-refractivity contribution in [2.24, 2.45) is 0 Å². The Morgan fingerprint density at radius 2 is 2.12 bits per heavy atom. The number of fused-ring (bicyclic) bond motifs is 3. The standard InChI is InChI=1S/C24H29N5O2S2/c1-4-5-8-29(2)9-6-10-33-23-20-21-18(13-17(14-25-21)24(30)31-3)26-22(20)27-19(28-23)12-16-7-11-32-15-16/h7,11,13-15H,4-6,8-10,12H2,1-3H3,(H,26,27,28). The number of hydrogen-bond donors (Lipinski definition) is 1. The molecular weight excluding hydrogens is 454 g/mol. The average Bonchev–Trinajstić information content (AvgIpc) is 3.46. The molecule has 0 bridgehead atoms. The van der Waals surface area contributed by atoms with Crippen LogP contribution in [0.1, 0.15) is 47.9 Å². The Kier molecular flexibility index (Phi) is 7.95. The Bertz CT molecular complexity index is 1220. The Balaban J connectivity index is 1.63. The van der Waals surface area contributed by atoms with E-state index in [1.807, 2.05) is 0 Å². The van der Waals surface area contributed by atoms with Crippen LogP contribution in [0.4, 0.5) is 0 Å². The monoisotopic (exact) mass is 483 g/mol. The Hall–Kier alpha value is -2.49. The van der Waals surface area contributed by atoms with Crippen molar-refractivity contribution in [1.82, 2.24) is 24.8 Å². The van der Waals surface area contributed by atoms with Gasteiger partial charge in [0.1, 0.15) is 22.0 Å². The second-order valence-corrected chi connectivity index (χ2v) is 9.94. The van der Waals surface area contributed by atoms with Crippen LogP contribution in [0.15, 0.2) is 34.1 Å². The summed E-state index contributed by atoms with van der Waals surface area (Å²) in [7, 11) is 3.55. The van der Waals surface area contributed by atoms with Crippen molar-refractivity contribution in [3.63, 3.8) is 0 Å². The van der Waals surface area contributed by atoms with E-state index >= 15 is 0 Å². The molecule has 9 heteroatoms. The number of thiophene rings is 1. The maximum atomic E-state index is 12.0. The topological polar surface area (TPSA) is 84.0 Å². The molecule has 0 aliphatic carbocycles. The molecule has 0 aromatic carbocycles. The second kappa shape index (κ2) is 11.1. The van der Waals surface area contributed by atoms with Gasteiger partial charge in [0.05, 0.1) is 23.6 Å². The van der Waals surface area contributed by atoms with Crippen LogP contribution >= 0.6 is 23.1 Å². The predicted octanol–water partition coefficient (Wildman–Crippen LogP) is 5.16. The van der Waals surface area contributed by atoms with Gasteiger partial charge in [0.2, 0.25) is 0 Å². The van der Waals surface area contributed by atoms with Gasteiger partial charge < -0.3 is 14.6 Å². The van der Waals surface area contributed by atoms with E-state index in [0.29, 0.717) is 12.0 Å². The summed E-state index contributed by atoms with van der Waals surface area (Å²) in [6.45, 7) is 4.43. The van der Waals surface area contributed by atoms with Crippen molar-refractivity contribution < 1.29 is 9.53 Å². The van der Waals surface area contributed by atoms with Crippen molar-refractivity contribution >= 4 is 51.1 Å². The fourth-order valence-electron chi connectivity index (χ4n) is 3.71. The molecule has 0 fully saturated rings. The summed E-state index contributed by atoms with van der Waals surface area (Å²) in [6, 6.07) is 3.87. The number of unbranched alkanes of at least 4 members (excludes halogenated alkanes) is 1. The van der Waals surface area contributed by atoms with Gasteiger partial charge in [-0.1, -0.05) is 13.3 Å². The van der Waals surface area contributed by atoms with Crippen molar-refractivity contribution in [2.75, 3.05) is 33.0 Å². The number of ether oxygens (including phenoxy) is 1. The predicted molar refractivity (Wildman–Crippen MR) is 135 cm³/mol. The number of carbonyl (C=O) groups excluding carboxylic acids is 1. The third-order valence-corrected chi connectivity index (χ3v) is 7.27. The first-order chi connectivity index (χ1) is 16.1. The molecule has 0 radical (unpaired) electrons. The molecule has 0 atom stereocenters. The normalized spacial score (nSPS) is 11.6. The number of carbonyl (C=O) groups is 1. The van der Waals surface area contributed by atoms with Crippen LogP contribution in [0.3, 0.4) is 0 Å². The van der Waals surface area contributed by atoms with Crippen LogP contribution in [-0.2, 0) is 11.2 Å². The van der Waals surface area contributed by atoms with E-state index in [-0.39, 0.29) is 0 Å². The second-order valence-electron chi connectivity index (χ2n) is 8.07. The molecule has 4 aromatic heterocycles. The third kappa shape index (κ3) is 5.72. The number of H-pyrrole nitrogens is 1. The molecule has 0 aliphatic rings. The first-order valence-electron chi connectivity index (χ1n) is 11.2. The van der Waals surface area contributed by atoms with Crippen molar-refractivity contribution in [2.45, 2.75) is 37.6 Å². The van der Waals surface area contributed by atoms with E-state index in [2.05, 4.69) is 45.7 Å². The summed E-state index contributed by atoms with van der Waals surface area (Å²) in [5.41, 5.74) is 3.91. The van der Waals surface area contributed by atoms with Crippen molar-refractivity contribution in [3.05, 3.63) is 46.0 Å². The number of hydrogen-bond acceptors (Lipinski definition) is 8. The first kappa shape index (κ1) is 23.7. The summed E-state index contributed by atoms with van der Waals surface area (Å²) in [6.07, 6.45) is 5.77. The molecular formula is C24H29N5O2S2. The highest BCUT2D eigenvalue weighted by molar-refractivity contribution is 7.99. The third-order valence-electron chi connectivity index (χ3n) is 5.48. The number of thioether (sulfide) groups is 1. The van der Waals surface area contributed by atoms with Gasteiger partial charge in [-0.25, -0.2) is 14.8 Å². The maximum absolute atomic E-state index is 12.0. The van der Waals surface area contributed by atoms with E-state index in [0.717, 1.165) is 58.2 Å². The van der Waals surface area contributed by atoms with E-state index < -0.39 is 5.97 Å². The lowest BCUT2D eigenvalue weighted by Gasteiger charge is -2.15. The molecule has 0 saturated heterocycles. The lowest BCUT2D eigenvalue weighted by molar-refractivity contribution is 0.0600. The number of nitrogens with zero attached hydrogens (tertiary/aromatic N) is 4. The molecule has 1 N–H and O–H groups in total. The maximum Gasteiger partial charge on any atom is 0.339 e. The molecule has 0 spiro atoms. The molecule has 33 heavy (non-hydrogen) atoms. The lowest BCUT2D eigenvalue weighted by Crippen LogP contribution is -2.21. The van der Waals surface area contributed by atoms with Crippen LogP contribution in [0.2, 0.25) is 0 Å². The molecule has 7 nitrogen and oxygen atoms in total. The lowest BCUT2D eigenvalue weighted by atomic mass is 10.2. The Morgan fingerprint density at radius 3 is 2.88 bits per heavy atom. The van der Waals surface area contributed by atoms with Crippen LogP contribution in [0, 0.1) is 0 Å². The summed E-state index contributed by atoms with van der Waals surface area (Å²) in [5, 5.41) is 6.05. The van der Waals surface area contributed by atoms with Gasteiger partial charge in [-0.05, 0) is 61.4 Å². The van der Waals surface area contributed by atoms with Crippen molar-refractivity contribution in [1.29, 1.82) is 0 Å². The molecule has 0 amide bonds. The number of pyridine rings is 1. The fourth-order valence-corrected chi connectivity index (χ4v) is 5.35. The number of nitrogens with one attached hydrogen (secondary N) is 1. The van der Waals surface area contributed by atoms with Gasteiger partial charge in [-0.15, -0.1) is 11.8 Å². The zero-order chi connectivity index (χ0) is 23.2. The van der Waals surface area contributed by atoms with E-state index in [9.17, 15) is 4.79 Å². The molecule has 0 unspecified atom stereocenters. The van der Waals surface area contributed by atoms with Gasteiger partial charge in [-0.3, -0.25) is 4.98 Å². The van der Waals surface area contributed by atoms with Gasteiger partial charge in [0, 0.05) is 18.4 Å². The van der Waals surface area contributed by atoms with Crippen LogP contribution in [0.5, 0.6) is 0 Å². The zero-order valence-corrected chi connectivity index (χ0v) is 20.9. The summed E-state index contributed by atoms with van der Waals surface area (Å²) < 4.78 is 4.84. The molecule has 174 valence electrons. The van der Waals surface area contributed by atoms with E-state index in [1.165, 1.54) is 25.5 Å². The highest BCUT2D eigenvalue weighted by atomic mass is 32.2. The van der Waals surface area contributed by atoms with Gasteiger partial charge in [0.25, 0.3) is 0 Å². The largest absolute Gasteiger partial charge is 0.465 e. The van der Waals surface area contributed by atoms with E-state index in [4.69, 9.17) is 14.7 Å². The van der Waals surface area contributed by atoms with Crippen LogP contribution in [0.25, 0.3) is 22.1 Å². The quantitative estimate of drug-likeness (QED) is 0.137. The number of methoxy groups -OCH3 is 1. The minimum absolute atomic E-state index is 0.408. The summed E-state index contributed by atoms with van der Waals surface area (Å²) in [4.78, 5) is 32.0. The molecule has 4 aromatic rings. The average molecular weight is 484 g/mol. The number of aromatic nitrogens is 4. The Labute approximate surface area is 202 Å². The van der Waals surface area contributed by atoms with Gasteiger partial charge in [-0.2, -0.15) is 11.3 Å². The Morgan fingerprint density at radius 1 is 1.27 bits per heavy atom. The number of esters is 1. The minimum Gasteiger partial charge on any atom is -0.465 e. The van der Waals surface area contributed by atoms with E-state index in [1.54, 1.807) is 35.4 Å². The number of rotatable bonds is 11. The van der Waals surface area contributed by atoms with Gasteiger partial charge in [0.15, 0.2) is 0 Å². The SMILES string of the molecule is CCCCN(C)CCCSc1nc(Cc2ccsc2)nc2[nH]c3cc(C(=O)OC)cnc3c12. The minimum atomic E-state index is -0.408. The summed E-state index contributed by atoms with van der Waals surface area (Å²) >= 11 is 3.43. The highest BCUT2D eigenvalue weighted by Crippen LogP contribution is 2.32. The molecule has 4 heterocycles. The fraction of sp³-hybridized carbons (Fsp3) is 0.417. The summed E-state index contributed by atoms with van der Waals surface area (Å²) in [5.74, 6) is 1.34. The van der Waals surface area contributed by atoms with Crippen molar-refractivity contribution in [3.8, 4) is 0 Å². The molecule has 0 saturated carbocycles. The number of aromatic amines is 1. The highest BCUT2D eigenvalue weighted by Gasteiger charge is 2.17. The molecule has 0 aliphatic heterocycles. The zero-order valence-electron chi connectivity index (χ0n) is 19.3.